The van der Waals surface area contributed by atoms with Crippen molar-refractivity contribution in [3.63, 3.8) is 0 Å². The molecule has 0 aliphatic carbocycles. The predicted molar refractivity (Wildman–Crippen MR) is 94.5 cm³/mol. The molecule has 0 fully saturated rings. The van der Waals surface area contributed by atoms with Gasteiger partial charge in [-0.05, 0) is 40.2 Å². The van der Waals surface area contributed by atoms with E-state index in [1.54, 1.807) is 15.9 Å². The van der Waals surface area contributed by atoms with Gasteiger partial charge in [-0.2, -0.15) is 0 Å². The summed E-state index contributed by atoms with van der Waals surface area (Å²) in [6.45, 7) is 9.91. The van der Waals surface area contributed by atoms with Crippen LogP contribution in [0.25, 0.3) is 10.2 Å². The zero-order valence-corrected chi connectivity index (χ0v) is 15.5. The highest BCUT2D eigenvalue weighted by Crippen LogP contribution is 2.30. The molecule has 3 aromatic heterocycles. The van der Waals surface area contributed by atoms with Crippen molar-refractivity contribution in [2.45, 2.75) is 51.6 Å². The minimum absolute atomic E-state index is 0.0469. The van der Waals surface area contributed by atoms with E-state index in [-0.39, 0.29) is 11.6 Å². The van der Waals surface area contributed by atoms with E-state index >= 15 is 0 Å². The number of aryl methyl sites for hydroxylation is 3. The lowest BCUT2D eigenvalue weighted by Gasteiger charge is -2.14. The average molecular weight is 349 g/mol. The van der Waals surface area contributed by atoms with Crippen LogP contribution in [-0.2, 0) is 5.75 Å². The number of rotatable bonds is 4. The molecule has 0 amide bonds. The minimum Gasteiger partial charge on any atom is -0.361 e. The maximum Gasteiger partial charge on any atom is 0.263 e. The Balaban J connectivity index is 2.07. The number of hydrogen-bond acceptors (Lipinski definition) is 6. The van der Waals surface area contributed by atoms with Gasteiger partial charge in [0.2, 0.25) is 0 Å². The second-order valence-corrected chi connectivity index (χ2v) is 7.99. The number of aromatic nitrogens is 3. The third-order valence-electron chi connectivity index (χ3n) is 3.74. The molecule has 122 valence electrons. The Morgan fingerprint density at radius 2 is 2.09 bits per heavy atom. The van der Waals surface area contributed by atoms with E-state index < -0.39 is 0 Å². The van der Waals surface area contributed by atoms with E-state index in [0.717, 1.165) is 37.3 Å². The van der Waals surface area contributed by atoms with Gasteiger partial charge in [0.1, 0.15) is 10.6 Å². The van der Waals surface area contributed by atoms with Gasteiger partial charge in [-0.3, -0.25) is 9.36 Å². The van der Waals surface area contributed by atoms with Gasteiger partial charge in [-0.25, -0.2) is 4.98 Å². The Kier molecular flexibility index (Phi) is 4.33. The van der Waals surface area contributed by atoms with Crippen LogP contribution < -0.4 is 5.56 Å². The van der Waals surface area contributed by atoms with Crippen LogP contribution in [0.4, 0.5) is 0 Å². The molecule has 0 saturated heterocycles. The first-order chi connectivity index (χ1) is 10.9. The molecule has 7 heteroatoms. The largest absolute Gasteiger partial charge is 0.361 e. The minimum atomic E-state index is 0.0469. The summed E-state index contributed by atoms with van der Waals surface area (Å²) in [7, 11) is 0. The normalized spacial score (nSPS) is 11.7. The lowest BCUT2D eigenvalue weighted by atomic mass is 10.2. The SMILES string of the molecule is Cc1cc(CSc2nc3sc(C)c(C)c3c(=O)n2C(C)C)no1. The Morgan fingerprint density at radius 1 is 1.35 bits per heavy atom. The van der Waals surface area contributed by atoms with E-state index in [1.807, 2.05) is 40.7 Å². The van der Waals surface area contributed by atoms with Crippen LogP contribution in [0.5, 0.6) is 0 Å². The molecule has 0 unspecified atom stereocenters. The van der Waals surface area contributed by atoms with Crippen LogP contribution >= 0.6 is 23.1 Å². The summed E-state index contributed by atoms with van der Waals surface area (Å²) >= 11 is 3.10. The van der Waals surface area contributed by atoms with E-state index in [1.165, 1.54) is 11.8 Å². The van der Waals surface area contributed by atoms with Crippen molar-refractivity contribution in [1.29, 1.82) is 0 Å². The topological polar surface area (TPSA) is 60.9 Å². The first-order valence-corrected chi connectivity index (χ1v) is 9.26. The number of nitrogens with zero attached hydrogens (tertiary/aromatic N) is 3. The third-order valence-corrected chi connectivity index (χ3v) is 5.83. The first kappa shape index (κ1) is 16.3. The third kappa shape index (κ3) is 2.95. The molecule has 0 aromatic carbocycles. The van der Waals surface area contributed by atoms with Crippen molar-refractivity contribution < 1.29 is 4.52 Å². The van der Waals surface area contributed by atoms with Crippen molar-refractivity contribution in [1.82, 2.24) is 14.7 Å². The monoisotopic (exact) mass is 349 g/mol. The second-order valence-electron chi connectivity index (χ2n) is 5.84. The Labute approximate surface area is 142 Å². The zero-order chi connectivity index (χ0) is 16.7. The van der Waals surface area contributed by atoms with Crippen molar-refractivity contribution in [3.8, 4) is 0 Å². The van der Waals surface area contributed by atoms with Gasteiger partial charge in [0.05, 0.1) is 11.1 Å². The molecule has 0 N–H and O–H groups in total. The number of thiophene rings is 1. The average Bonchev–Trinajstić information content (AvgIpc) is 3.00. The summed E-state index contributed by atoms with van der Waals surface area (Å²) in [5, 5.41) is 5.49. The molecule has 5 nitrogen and oxygen atoms in total. The molecule has 0 bridgehead atoms. The highest BCUT2D eigenvalue weighted by Gasteiger charge is 2.18. The van der Waals surface area contributed by atoms with Crippen LogP contribution in [0.2, 0.25) is 0 Å². The number of fused-ring (bicyclic) bond motifs is 1. The lowest BCUT2D eigenvalue weighted by Crippen LogP contribution is -2.24. The second kappa shape index (κ2) is 6.13. The van der Waals surface area contributed by atoms with E-state index in [0.29, 0.717) is 5.75 Å². The zero-order valence-electron chi connectivity index (χ0n) is 13.8. The molecule has 23 heavy (non-hydrogen) atoms. The Morgan fingerprint density at radius 3 is 2.70 bits per heavy atom. The van der Waals surface area contributed by atoms with Crippen LogP contribution in [0.1, 0.15) is 41.8 Å². The molecule has 0 aliphatic rings. The summed E-state index contributed by atoms with van der Waals surface area (Å²) in [6, 6.07) is 1.96. The van der Waals surface area contributed by atoms with Crippen molar-refractivity contribution in [3.05, 3.63) is 38.3 Å². The van der Waals surface area contributed by atoms with Crippen molar-refractivity contribution in [2.75, 3.05) is 0 Å². The molecule has 0 aliphatic heterocycles. The van der Waals surface area contributed by atoms with Gasteiger partial charge in [0.25, 0.3) is 5.56 Å². The molecule has 0 saturated carbocycles. The molecule has 0 radical (unpaired) electrons. The molecule has 0 spiro atoms. The van der Waals surface area contributed by atoms with Gasteiger partial charge in [0.15, 0.2) is 5.16 Å². The molecule has 0 atom stereocenters. The molecule has 3 aromatic rings. The lowest BCUT2D eigenvalue weighted by molar-refractivity contribution is 0.393. The highest BCUT2D eigenvalue weighted by molar-refractivity contribution is 7.98. The summed E-state index contributed by atoms with van der Waals surface area (Å²) in [4.78, 5) is 19.6. The number of hydrogen-bond donors (Lipinski definition) is 0. The van der Waals surface area contributed by atoms with Gasteiger partial charge in [-0.1, -0.05) is 16.9 Å². The summed E-state index contributed by atoms with van der Waals surface area (Å²) in [5.41, 5.74) is 1.95. The highest BCUT2D eigenvalue weighted by atomic mass is 32.2. The summed E-state index contributed by atoms with van der Waals surface area (Å²) in [5.74, 6) is 1.42. The predicted octanol–water partition coefficient (Wildman–Crippen LogP) is 4.24. The van der Waals surface area contributed by atoms with E-state index in [9.17, 15) is 4.79 Å². The maximum absolute atomic E-state index is 12.9. The van der Waals surface area contributed by atoms with Crippen LogP contribution in [0, 0.1) is 20.8 Å². The van der Waals surface area contributed by atoms with Gasteiger partial charge in [-0.15, -0.1) is 11.3 Å². The molecule has 3 rings (SSSR count). The van der Waals surface area contributed by atoms with Gasteiger partial charge in [0, 0.05) is 22.7 Å². The quantitative estimate of drug-likeness (QED) is 0.521. The molecule has 3 heterocycles. The fraction of sp³-hybridized carbons (Fsp3) is 0.438. The fourth-order valence-corrected chi connectivity index (χ4v) is 4.55. The summed E-state index contributed by atoms with van der Waals surface area (Å²) < 4.78 is 6.87. The van der Waals surface area contributed by atoms with E-state index in [2.05, 4.69) is 5.16 Å². The molecular weight excluding hydrogens is 330 g/mol. The summed E-state index contributed by atoms with van der Waals surface area (Å²) in [6.07, 6.45) is 0. The van der Waals surface area contributed by atoms with Crippen molar-refractivity contribution in [2.24, 2.45) is 0 Å². The van der Waals surface area contributed by atoms with Crippen LogP contribution in [-0.4, -0.2) is 14.7 Å². The van der Waals surface area contributed by atoms with Crippen LogP contribution in [0.15, 0.2) is 20.5 Å². The van der Waals surface area contributed by atoms with E-state index in [4.69, 9.17) is 9.51 Å². The number of thioether (sulfide) groups is 1. The smallest absolute Gasteiger partial charge is 0.263 e. The Hall–Kier alpha value is -1.60. The maximum atomic E-state index is 12.9. The van der Waals surface area contributed by atoms with Gasteiger partial charge >= 0.3 is 0 Å². The fourth-order valence-electron chi connectivity index (χ4n) is 2.47. The molecular formula is C16H19N3O2S2. The van der Waals surface area contributed by atoms with Crippen molar-refractivity contribution >= 4 is 33.3 Å². The van der Waals surface area contributed by atoms with Crippen LogP contribution in [0.3, 0.4) is 0 Å². The standard InChI is InChI=1S/C16H19N3O2S2/c1-8(2)19-15(20)13-10(4)11(5)23-14(13)17-16(19)22-7-12-6-9(3)21-18-12/h6,8H,7H2,1-5H3. The first-order valence-electron chi connectivity index (χ1n) is 7.45. The van der Waals surface area contributed by atoms with Gasteiger partial charge < -0.3 is 4.52 Å². The Bertz CT molecular complexity index is 921.